The Morgan fingerprint density at radius 2 is 2.16 bits per heavy atom. The van der Waals surface area contributed by atoms with Crippen LogP contribution in [-0.2, 0) is 11.3 Å². The van der Waals surface area contributed by atoms with Crippen molar-refractivity contribution in [2.24, 2.45) is 0 Å². The molecule has 1 N–H and O–H groups in total. The summed E-state index contributed by atoms with van der Waals surface area (Å²) < 4.78 is 7.29. The summed E-state index contributed by atoms with van der Waals surface area (Å²) in [7, 11) is 0. The molecule has 1 fully saturated rings. The van der Waals surface area contributed by atoms with Crippen molar-refractivity contribution in [3.05, 3.63) is 47.1 Å². The zero-order valence-corrected chi connectivity index (χ0v) is 15.1. The molecule has 2 amide bonds. The minimum absolute atomic E-state index is 0.0976. The van der Waals surface area contributed by atoms with Gasteiger partial charge in [-0.15, -0.1) is 0 Å². The molecule has 2 aromatic rings. The monoisotopic (exact) mass is 362 g/mol. The summed E-state index contributed by atoms with van der Waals surface area (Å²) in [5, 5.41) is 8.00. The predicted octanol–water partition coefficient (Wildman–Crippen LogP) is 3.62. The first-order valence-electron chi connectivity index (χ1n) is 8.59. The van der Waals surface area contributed by atoms with Gasteiger partial charge in [-0.05, 0) is 24.1 Å². The van der Waals surface area contributed by atoms with Gasteiger partial charge in [0.1, 0.15) is 5.82 Å². The number of benzene rings is 1. The summed E-state index contributed by atoms with van der Waals surface area (Å²) in [6.07, 6.45) is 3.65. The Bertz CT molecular complexity index is 699. The number of anilines is 1. The Labute approximate surface area is 152 Å². The SMILES string of the molecule is CCC[C@@H]1COCCN1C(=O)Nc1ccnn1Cc1ccc(Cl)cc1. The highest BCUT2D eigenvalue weighted by Crippen LogP contribution is 2.17. The number of nitrogens with one attached hydrogen (secondary N) is 1. The van der Waals surface area contributed by atoms with Crippen LogP contribution in [-0.4, -0.2) is 46.5 Å². The van der Waals surface area contributed by atoms with Gasteiger partial charge in [0.05, 0.1) is 32.0 Å². The van der Waals surface area contributed by atoms with E-state index in [0.717, 1.165) is 18.4 Å². The zero-order chi connectivity index (χ0) is 17.6. The summed E-state index contributed by atoms with van der Waals surface area (Å²) >= 11 is 5.92. The number of nitrogens with zero attached hydrogens (tertiary/aromatic N) is 3. The quantitative estimate of drug-likeness (QED) is 0.883. The van der Waals surface area contributed by atoms with Crippen molar-refractivity contribution < 1.29 is 9.53 Å². The second-order valence-corrected chi connectivity index (χ2v) is 6.58. The van der Waals surface area contributed by atoms with E-state index in [1.165, 1.54) is 0 Å². The van der Waals surface area contributed by atoms with E-state index in [1.807, 2.05) is 35.2 Å². The Kier molecular flexibility index (Phi) is 5.94. The standard InChI is InChI=1S/C18H23ClN4O2/c1-2-3-16-13-25-11-10-22(16)18(24)21-17-8-9-20-23(17)12-14-4-6-15(19)7-5-14/h4-9,16H,2-3,10-13H2,1H3,(H,21,24)/t16-/m1/s1. The topological polar surface area (TPSA) is 59.4 Å². The van der Waals surface area contributed by atoms with E-state index < -0.39 is 0 Å². The van der Waals surface area contributed by atoms with E-state index in [-0.39, 0.29) is 12.1 Å². The molecule has 2 heterocycles. The van der Waals surface area contributed by atoms with Crippen molar-refractivity contribution in [2.45, 2.75) is 32.4 Å². The van der Waals surface area contributed by atoms with Gasteiger partial charge in [-0.3, -0.25) is 5.32 Å². The fraction of sp³-hybridized carbons (Fsp3) is 0.444. The average molecular weight is 363 g/mol. The molecular formula is C18H23ClN4O2. The molecule has 3 rings (SSSR count). The minimum atomic E-state index is -0.0976. The molecule has 0 spiro atoms. The van der Waals surface area contributed by atoms with Gasteiger partial charge in [0.25, 0.3) is 0 Å². The molecule has 1 aromatic carbocycles. The molecule has 1 aliphatic heterocycles. The molecule has 1 aliphatic rings. The van der Waals surface area contributed by atoms with Gasteiger partial charge >= 0.3 is 6.03 Å². The molecule has 7 heteroatoms. The summed E-state index contributed by atoms with van der Waals surface area (Å²) in [4.78, 5) is 14.6. The summed E-state index contributed by atoms with van der Waals surface area (Å²) in [6.45, 7) is 4.48. The number of ether oxygens (including phenoxy) is 1. The third-order valence-electron chi connectivity index (χ3n) is 4.31. The molecule has 0 saturated carbocycles. The first kappa shape index (κ1) is 17.8. The van der Waals surface area contributed by atoms with Crippen LogP contribution in [0.15, 0.2) is 36.5 Å². The number of urea groups is 1. The van der Waals surface area contributed by atoms with Gasteiger partial charge in [-0.1, -0.05) is 37.1 Å². The largest absolute Gasteiger partial charge is 0.377 e. The Morgan fingerprint density at radius 1 is 1.36 bits per heavy atom. The minimum Gasteiger partial charge on any atom is -0.377 e. The number of carbonyl (C=O) groups excluding carboxylic acids is 1. The molecule has 1 saturated heterocycles. The van der Waals surface area contributed by atoms with Crippen molar-refractivity contribution in [1.29, 1.82) is 0 Å². The molecular weight excluding hydrogens is 340 g/mol. The average Bonchev–Trinajstić information content (AvgIpc) is 3.04. The van der Waals surface area contributed by atoms with Crippen molar-refractivity contribution in [3.8, 4) is 0 Å². The third kappa shape index (κ3) is 4.52. The van der Waals surface area contributed by atoms with Gasteiger partial charge in [-0.25, -0.2) is 9.48 Å². The lowest BCUT2D eigenvalue weighted by molar-refractivity contribution is 0.0124. The summed E-state index contributed by atoms with van der Waals surface area (Å²) in [5.74, 6) is 0.682. The van der Waals surface area contributed by atoms with Crippen LogP contribution in [0.4, 0.5) is 10.6 Å². The highest BCUT2D eigenvalue weighted by molar-refractivity contribution is 6.30. The van der Waals surface area contributed by atoms with Gasteiger partial charge in [0.15, 0.2) is 0 Å². The number of hydrogen-bond donors (Lipinski definition) is 1. The number of amides is 2. The van der Waals surface area contributed by atoms with Crippen LogP contribution in [0.25, 0.3) is 0 Å². The second-order valence-electron chi connectivity index (χ2n) is 6.14. The smallest absolute Gasteiger partial charge is 0.323 e. The summed E-state index contributed by atoms with van der Waals surface area (Å²) in [5.41, 5.74) is 1.07. The highest BCUT2D eigenvalue weighted by Gasteiger charge is 2.27. The van der Waals surface area contributed by atoms with E-state index in [2.05, 4.69) is 17.3 Å². The van der Waals surface area contributed by atoms with Gasteiger partial charge in [0, 0.05) is 17.6 Å². The van der Waals surface area contributed by atoms with Crippen LogP contribution in [0.2, 0.25) is 5.02 Å². The number of hydrogen-bond acceptors (Lipinski definition) is 3. The fourth-order valence-electron chi connectivity index (χ4n) is 3.00. The van der Waals surface area contributed by atoms with Crippen LogP contribution >= 0.6 is 11.6 Å². The van der Waals surface area contributed by atoms with Gasteiger partial charge in [0.2, 0.25) is 0 Å². The van der Waals surface area contributed by atoms with Crippen LogP contribution < -0.4 is 5.32 Å². The van der Waals surface area contributed by atoms with Crippen LogP contribution in [0.5, 0.6) is 0 Å². The molecule has 6 nitrogen and oxygen atoms in total. The molecule has 0 unspecified atom stereocenters. The Balaban J connectivity index is 1.67. The molecule has 0 radical (unpaired) electrons. The Hall–Kier alpha value is -2.05. The third-order valence-corrected chi connectivity index (χ3v) is 4.56. The lowest BCUT2D eigenvalue weighted by Gasteiger charge is -2.35. The van der Waals surface area contributed by atoms with Crippen LogP contribution in [0.1, 0.15) is 25.3 Å². The molecule has 25 heavy (non-hydrogen) atoms. The van der Waals surface area contributed by atoms with Gasteiger partial charge in [-0.2, -0.15) is 5.10 Å². The second kappa shape index (κ2) is 8.36. The van der Waals surface area contributed by atoms with E-state index in [9.17, 15) is 4.79 Å². The highest BCUT2D eigenvalue weighted by atomic mass is 35.5. The Morgan fingerprint density at radius 3 is 2.92 bits per heavy atom. The van der Waals surface area contributed by atoms with E-state index >= 15 is 0 Å². The maximum absolute atomic E-state index is 12.7. The molecule has 0 bridgehead atoms. The maximum Gasteiger partial charge on any atom is 0.323 e. The number of halogens is 1. The van der Waals surface area contributed by atoms with Crippen molar-refractivity contribution in [1.82, 2.24) is 14.7 Å². The number of aromatic nitrogens is 2. The summed E-state index contributed by atoms with van der Waals surface area (Å²) in [6, 6.07) is 9.45. The van der Waals surface area contributed by atoms with E-state index in [1.54, 1.807) is 10.9 Å². The van der Waals surface area contributed by atoms with Crippen LogP contribution in [0.3, 0.4) is 0 Å². The maximum atomic E-state index is 12.7. The number of rotatable bonds is 5. The number of carbonyl (C=O) groups is 1. The lowest BCUT2D eigenvalue weighted by Crippen LogP contribution is -2.50. The first-order chi connectivity index (χ1) is 12.2. The van der Waals surface area contributed by atoms with Crippen molar-refractivity contribution >= 4 is 23.4 Å². The first-order valence-corrected chi connectivity index (χ1v) is 8.97. The molecule has 0 aliphatic carbocycles. The molecule has 1 aromatic heterocycles. The fourth-order valence-corrected chi connectivity index (χ4v) is 3.13. The molecule has 134 valence electrons. The van der Waals surface area contributed by atoms with Crippen LogP contribution in [0, 0.1) is 0 Å². The lowest BCUT2D eigenvalue weighted by atomic mass is 10.1. The van der Waals surface area contributed by atoms with Crippen molar-refractivity contribution in [2.75, 3.05) is 25.1 Å². The number of morpholine rings is 1. The zero-order valence-electron chi connectivity index (χ0n) is 14.3. The normalized spacial score (nSPS) is 17.5. The van der Waals surface area contributed by atoms with Gasteiger partial charge < -0.3 is 9.64 Å². The van der Waals surface area contributed by atoms with E-state index in [0.29, 0.717) is 37.1 Å². The van der Waals surface area contributed by atoms with Crippen molar-refractivity contribution in [3.63, 3.8) is 0 Å². The predicted molar refractivity (Wildman–Crippen MR) is 98.0 cm³/mol. The van der Waals surface area contributed by atoms with E-state index in [4.69, 9.17) is 16.3 Å². The molecule has 1 atom stereocenters.